The maximum absolute atomic E-state index is 13.2. The van der Waals surface area contributed by atoms with Crippen molar-refractivity contribution < 1.29 is 9.18 Å². The molecule has 0 unspecified atom stereocenters. The number of aromatic nitrogens is 3. The number of aryl methyl sites for hydroxylation is 1. The first-order valence-corrected chi connectivity index (χ1v) is 7.62. The largest absolute Gasteiger partial charge is 0.350 e. The maximum Gasteiger partial charge on any atom is 0.252 e. The molecule has 3 rings (SSSR count). The lowest BCUT2D eigenvalue weighted by Crippen LogP contribution is -2.27. The number of amides is 1. The van der Waals surface area contributed by atoms with Gasteiger partial charge in [0.2, 0.25) is 0 Å². The van der Waals surface area contributed by atoms with Crippen LogP contribution in [0, 0.1) is 12.7 Å². The molecule has 1 aromatic carbocycles. The van der Waals surface area contributed by atoms with Crippen LogP contribution in [-0.2, 0) is 6.54 Å². The van der Waals surface area contributed by atoms with Crippen LogP contribution in [-0.4, -0.2) is 27.2 Å². The van der Waals surface area contributed by atoms with Crippen molar-refractivity contribution in [2.75, 3.05) is 6.54 Å². The summed E-state index contributed by atoms with van der Waals surface area (Å²) >= 11 is 0. The zero-order valence-corrected chi connectivity index (χ0v) is 13.2. The Hall–Kier alpha value is -3.02. The first-order valence-electron chi connectivity index (χ1n) is 7.62. The number of carbonyl (C=O) groups excluding carboxylic acids is 1. The summed E-state index contributed by atoms with van der Waals surface area (Å²) in [6, 6.07) is 11.5. The van der Waals surface area contributed by atoms with Gasteiger partial charge in [0.05, 0.1) is 23.5 Å². The molecule has 5 nitrogen and oxygen atoms in total. The van der Waals surface area contributed by atoms with Crippen molar-refractivity contribution in [2.45, 2.75) is 13.5 Å². The van der Waals surface area contributed by atoms with Crippen molar-refractivity contribution in [3.05, 3.63) is 71.9 Å². The minimum absolute atomic E-state index is 0.197. The standard InChI is InChI=1S/C18H17FN4O/c1-13-7-9-23(22-13)10-8-20-18(24)15-5-6-17(21-12-15)14-3-2-4-16(19)11-14/h2-7,9,11-12H,8,10H2,1H3,(H,20,24). The normalized spacial score (nSPS) is 10.6. The molecule has 1 N–H and O–H groups in total. The Balaban J connectivity index is 1.59. The maximum atomic E-state index is 13.2. The molecular formula is C18H17FN4O. The fraction of sp³-hybridized carbons (Fsp3) is 0.167. The van der Waals surface area contributed by atoms with Crippen LogP contribution in [0.2, 0.25) is 0 Å². The Kier molecular flexibility index (Phi) is 4.65. The molecule has 122 valence electrons. The third-order valence-corrected chi connectivity index (χ3v) is 3.55. The van der Waals surface area contributed by atoms with Crippen molar-refractivity contribution in [1.82, 2.24) is 20.1 Å². The van der Waals surface area contributed by atoms with Crippen LogP contribution >= 0.6 is 0 Å². The second-order valence-corrected chi connectivity index (χ2v) is 5.42. The summed E-state index contributed by atoms with van der Waals surface area (Å²) in [4.78, 5) is 16.3. The lowest BCUT2D eigenvalue weighted by atomic mass is 10.1. The third-order valence-electron chi connectivity index (χ3n) is 3.55. The average Bonchev–Trinajstić information content (AvgIpc) is 3.00. The van der Waals surface area contributed by atoms with Gasteiger partial charge in [-0.25, -0.2) is 4.39 Å². The Morgan fingerprint density at radius 2 is 2.12 bits per heavy atom. The van der Waals surface area contributed by atoms with Crippen LogP contribution in [0.4, 0.5) is 4.39 Å². The van der Waals surface area contributed by atoms with E-state index >= 15 is 0 Å². The van der Waals surface area contributed by atoms with Gasteiger partial charge in [0.15, 0.2) is 0 Å². The van der Waals surface area contributed by atoms with Gasteiger partial charge in [0, 0.05) is 24.5 Å². The monoisotopic (exact) mass is 324 g/mol. The van der Waals surface area contributed by atoms with E-state index in [4.69, 9.17) is 0 Å². The molecule has 0 aliphatic rings. The van der Waals surface area contributed by atoms with Crippen molar-refractivity contribution >= 4 is 5.91 Å². The molecule has 24 heavy (non-hydrogen) atoms. The highest BCUT2D eigenvalue weighted by Gasteiger charge is 2.07. The molecule has 2 heterocycles. The van der Waals surface area contributed by atoms with Crippen molar-refractivity contribution in [2.24, 2.45) is 0 Å². The van der Waals surface area contributed by atoms with Crippen molar-refractivity contribution in [1.29, 1.82) is 0 Å². The highest BCUT2D eigenvalue weighted by Crippen LogP contribution is 2.17. The minimum atomic E-state index is -0.315. The van der Waals surface area contributed by atoms with Gasteiger partial charge >= 0.3 is 0 Å². The number of pyridine rings is 1. The summed E-state index contributed by atoms with van der Waals surface area (Å²) in [5.74, 6) is -0.512. The van der Waals surface area contributed by atoms with E-state index in [1.54, 1.807) is 28.9 Å². The van der Waals surface area contributed by atoms with Gasteiger partial charge in [-0.1, -0.05) is 12.1 Å². The lowest BCUT2D eigenvalue weighted by Gasteiger charge is -2.06. The van der Waals surface area contributed by atoms with Crippen LogP contribution in [0.3, 0.4) is 0 Å². The lowest BCUT2D eigenvalue weighted by molar-refractivity contribution is 0.0951. The Bertz CT molecular complexity index is 842. The number of nitrogens with zero attached hydrogens (tertiary/aromatic N) is 3. The number of carbonyl (C=O) groups is 1. The van der Waals surface area contributed by atoms with E-state index in [0.29, 0.717) is 29.9 Å². The van der Waals surface area contributed by atoms with E-state index in [0.717, 1.165) is 5.69 Å². The van der Waals surface area contributed by atoms with Gasteiger partial charge < -0.3 is 5.32 Å². The van der Waals surface area contributed by atoms with Crippen LogP contribution < -0.4 is 5.32 Å². The van der Waals surface area contributed by atoms with E-state index in [1.807, 2.05) is 19.2 Å². The highest BCUT2D eigenvalue weighted by molar-refractivity contribution is 5.94. The van der Waals surface area contributed by atoms with E-state index in [2.05, 4.69) is 15.4 Å². The molecule has 0 spiro atoms. The molecule has 0 aliphatic carbocycles. The number of rotatable bonds is 5. The number of hydrogen-bond donors (Lipinski definition) is 1. The van der Waals surface area contributed by atoms with Crippen LogP contribution in [0.1, 0.15) is 16.1 Å². The van der Waals surface area contributed by atoms with Gasteiger partial charge in [-0.2, -0.15) is 5.10 Å². The highest BCUT2D eigenvalue weighted by atomic mass is 19.1. The zero-order valence-electron chi connectivity index (χ0n) is 13.2. The van der Waals surface area contributed by atoms with Gasteiger partial charge in [-0.15, -0.1) is 0 Å². The predicted molar refractivity (Wildman–Crippen MR) is 88.9 cm³/mol. The fourth-order valence-corrected chi connectivity index (χ4v) is 2.32. The minimum Gasteiger partial charge on any atom is -0.350 e. The van der Waals surface area contributed by atoms with Gasteiger partial charge in [-0.05, 0) is 37.3 Å². The molecule has 0 fully saturated rings. The van der Waals surface area contributed by atoms with Gasteiger partial charge in [0.25, 0.3) is 5.91 Å². The second kappa shape index (κ2) is 7.04. The number of nitrogens with one attached hydrogen (secondary N) is 1. The summed E-state index contributed by atoms with van der Waals surface area (Å²) in [6.07, 6.45) is 3.37. The smallest absolute Gasteiger partial charge is 0.252 e. The molecular weight excluding hydrogens is 307 g/mol. The molecule has 1 amide bonds. The summed E-state index contributed by atoms with van der Waals surface area (Å²) in [7, 11) is 0. The topological polar surface area (TPSA) is 59.8 Å². The second-order valence-electron chi connectivity index (χ2n) is 5.42. The summed E-state index contributed by atoms with van der Waals surface area (Å²) in [5.41, 5.74) is 2.71. The van der Waals surface area contributed by atoms with Crippen molar-refractivity contribution in [3.8, 4) is 11.3 Å². The van der Waals surface area contributed by atoms with Crippen LogP contribution in [0.25, 0.3) is 11.3 Å². The quantitative estimate of drug-likeness (QED) is 0.785. The van der Waals surface area contributed by atoms with E-state index in [1.165, 1.54) is 18.3 Å². The van der Waals surface area contributed by atoms with E-state index in [9.17, 15) is 9.18 Å². The van der Waals surface area contributed by atoms with E-state index < -0.39 is 0 Å². The number of benzene rings is 1. The average molecular weight is 324 g/mol. The third kappa shape index (κ3) is 3.84. The molecule has 0 radical (unpaired) electrons. The summed E-state index contributed by atoms with van der Waals surface area (Å²) in [5, 5.41) is 7.08. The molecule has 6 heteroatoms. The van der Waals surface area contributed by atoms with Crippen LogP contribution in [0.15, 0.2) is 54.9 Å². The molecule has 0 saturated carbocycles. The Morgan fingerprint density at radius 1 is 1.25 bits per heavy atom. The Morgan fingerprint density at radius 3 is 2.79 bits per heavy atom. The first kappa shape index (κ1) is 15.9. The Labute approximate surface area is 139 Å². The summed E-state index contributed by atoms with van der Waals surface area (Å²) in [6.45, 7) is 3.00. The van der Waals surface area contributed by atoms with Gasteiger partial charge in [-0.3, -0.25) is 14.5 Å². The van der Waals surface area contributed by atoms with E-state index in [-0.39, 0.29) is 11.7 Å². The van der Waals surface area contributed by atoms with Crippen LogP contribution in [0.5, 0.6) is 0 Å². The SMILES string of the molecule is Cc1ccn(CCNC(=O)c2ccc(-c3cccc(F)c3)nc2)n1. The molecule has 2 aromatic heterocycles. The summed E-state index contributed by atoms with van der Waals surface area (Å²) < 4.78 is 15.0. The fourth-order valence-electron chi connectivity index (χ4n) is 2.32. The number of hydrogen-bond acceptors (Lipinski definition) is 3. The molecule has 0 aliphatic heterocycles. The predicted octanol–water partition coefficient (Wildman–Crippen LogP) is 2.82. The molecule has 0 bridgehead atoms. The van der Waals surface area contributed by atoms with Crippen molar-refractivity contribution in [3.63, 3.8) is 0 Å². The molecule has 0 saturated heterocycles. The first-order chi connectivity index (χ1) is 11.6. The van der Waals surface area contributed by atoms with Gasteiger partial charge in [0.1, 0.15) is 5.82 Å². The molecule has 0 atom stereocenters. The molecule has 3 aromatic rings. The number of halogens is 1. The zero-order chi connectivity index (χ0) is 16.9.